The molecule has 0 radical (unpaired) electrons. The van der Waals surface area contributed by atoms with Gasteiger partial charge in [-0.25, -0.2) is 0 Å². The Bertz CT molecular complexity index is 786. The van der Waals surface area contributed by atoms with E-state index in [1.807, 2.05) is 38.1 Å². The number of carbonyl (C=O) groups is 1. The van der Waals surface area contributed by atoms with Crippen molar-refractivity contribution in [2.24, 2.45) is 5.92 Å². The zero-order chi connectivity index (χ0) is 17.9. The van der Waals surface area contributed by atoms with E-state index in [1.54, 1.807) is 11.9 Å². The normalized spacial score (nSPS) is 12.1. The largest absolute Gasteiger partial charge is 0.496 e. The van der Waals surface area contributed by atoms with E-state index in [2.05, 4.69) is 4.98 Å². The van der Waals surface area contributed by atoms with Crippen LogP contribution < -0.4 is 10.3 Å². The van der Waals surface area contributed by atoms with Gasteiger partial charge < -0.3 is 14.6 Å². The highest BCUT2D eigenvalue weighted by Gasteiger charge is 2.28. The van der Waals surface area contributed by atoms with Crippen molar-refractivity contribution in [1.29, 1.82) is 0 Å². The van der Waals surface area contributed by atoms with Crippen LogP contribution in [0.4, 0.5) is 0 Å². The molecule has 0 saturated carbocycles. The van der Waals surface area contributed by atoms with Crippen LogP contribution in [0.1, 0.15) is 35.8 Å². The number of aromatic amines is 1. The van der Waals surface area contributed by atoms with Gasteiger partial charge in [-0.2, -0.15) is 0 Å². The lowest BCUT2D eigenvalue weighted by molar-refractivity contribution is 0.0683. The number of carbonyl (C=O) groups excluding carboxylic acids is 1. The molecule has 1 unspecified atom stereocenters. The molecule has 24 heavy (non-hydrogen) atoms. The summed E-state index contributed by atoms with van der Waals surface area (Å²) in [4.78, 5) is 28.5. The summed E-state index contributed by atoms with van der Waals surface area (Å²) in [6.07, 6.45) is 1.38. The van der Waals surface area contributed by atoms with E-state index in [0.717, 1.165) is 5.56 Å². The van der Waals surface area contributed by atoms with Crippen molar-refractivity contribution in [2.75, 3.05) is 14.2 Å². The number of halogens is 1. The highest BCUT2D eigenvalue weighted by atomic mass is 35.5. The summed E-state index contributed by atoms with van der Waals surface area (Å²) in [7, 11) is 3.15. The van der Waals surface area contributed by atoms with Gasteiger partial charge in [-0.1, -0.05) is 43.6 Å². The highest BCUT2D eigenvalue weighted by molar-refractivity contribution is 6.31. The topological polar surface area (TPSA) is 62.4 Å². The van der Waals surface area contributed by atoms with E-state index >= 15 is 0 Å². The molecule has 2 aromatic rings. The zero-order valence-corrected chi connectivity index (χ0v) is 14.9. The maximum atomic E-state index is 12.9. The Morgan fingerprint density at radius 2 is 1.96 bits per heavy atom. The number of benzene rings is 1. The van der Waals surface area contributed by atoms with Crippen LogP contribution in [0.15, 0.2) is 41.3 Å². The van der Waals surface area contributed by atoms with E-state index in [-0.39, 0.29) is 29.2 Å². The highest BCUT2D eigenvalue weighted by Crippen LogP contribution is 2.34. The van der Waals surface area contributed by atoms with Crippen LogP contribution in [-0.4, -0.2) is 29.9 Å². The molecule has 2 rings (SSSR count). The van der Waals surface area contributed by atoms with Crippen LogP contribution in [0.2, 0.25) is 5.02 Å². The Morgan fingerprint density at radius 1 is 1.29 bits per heavy atom. The van der Waals surface area contributed by atoms with Gasteiger partial charge in [-0.3, -0.25) is 9.59 Å². The Hall–Kier alpha value is -2.27. The number of ether oxygens (including phenoxy) is 1. The number of pyridine rings is 1. The molecule has 0 spiro atoms. The van der Waals surface area contributed by atoms with Gasteiger partial charge in [0, 0.05) is 24.3 Å². The number of hydrogen-bond donors (Lipinski definition) is 1. The first-order chi connectivity index (χ1) is 11.4. The van der Waals surface area contributed by atoms with E-state index in [4.69, 9.17) is 16.3 Å². The minimum atomic E-state index is -0.322. The molecule has 1 aromatic heterocycles. The molecule has 0 saturated heterocycles. The Labute approximate surface area is 146 Å². The number of nitrogens with one attached hydrogen (secondary N) is 1. The third kappa shape index (κ3) is 3.62. The van der Waals surface area contributed by atoms with Crippen LogP contribution in [0.3, 0.4) is 0 Å². The monoisotopic (exact) mass is 348 g/mol. The number of H-pyrrole nitrogens is 1. The van der Waals surface area contributed by atoms with Crippen LogP contribution in [0, 0.1) is 5.92 Å². The average Bonchev–Trinajstić information content (AvgIpc) is 2.55. The van der Waals surface area contributed by atoms with Gasteiger partial charge in [-0.15, -0.1) is 0 Å². The number of nitrogens with zero attached hydrogens (tertiary/aromatic N) is 1. The zero-order valence-electron chi connectivity index (χ0n) is 14.2. The number of methoxy groups -OCH3 is 1. The second-order valence-corrected chi connectivity index (χ2v) is 6.31. The Balaban J connectivity index is 2.44. The third-order valence-corrected chi connectivity index (χ3v) is 4.27. The minimum Gasteiger partial charge on any atom is -0.496 e. The van der Waals surface area contributed by atoms with Crippen molar-refractivity contribution in [3.63, 3.8) is 0 Å². The molecule has 6 heteroatoms. The molecule has 1 N–H and O–H groups in total. The third-order valence-electron chi connectivity index (χ3n) is 3.93. The van der Waals surface area contributed by atoms with Crippen LogP contribution in [-0.2, 0) is 0 Å². The molecule has 1 aromatic carbocycles. The second-order valence-electron chi connectivity index (χ2n) is 5.91. The van der Waals surface area contributed by atoms with Gasteiger partial charge in [0.15, 0.2) is 0 Å². The molecule has 1 amide bonds. The molecule has 0 bridgehead atoms. The summed E-state index contributed by atoms with van der Waals surface area (Å²) in [6.45, 7) is 4.06. The van der Waals surface area contributed by atoms with Crippen LogP contribution in [0.5, 0.6) is 5.75 Å². The molecule has 0 aliphatic carbocycles. The van der Waals surface area contributed by atoms with E-state index in [9.17, 15) is 9.59 Å². The number of rotatable bonds is 5. The van der Waals surface area contributed by atoms with Gasteiger partial charge in [0.2, 0.25) is 0 Å². The summed E-state index contributed by atoms with van der Waals surface area (Å²) >= 11 is 6.33. The summed E-state index contributed by atoms with van der Waals surface area (Å²) < 4.78 is 5.17. The van der Waals surface area contributed by atoms with Gasteiger partial charge in [0.1, 0.15) is 5.75 Å². The van der Waals surface area contributed by atoms with Crippen molar-refractivity contribution in [2.45, 2.75) is 19.9 Å². The maximum Gasteiger partial charge on any atom is 0.259 e. The second kappa shape index (κ2) is 7.53. The fourth-order valence-electron chi connectivity index (χ4n) is 2.84. The van der Waals surface area contributed by atoms with E-state index in [0.29, 0.717) is 10.6 Å². The first-order valence-corrected chi connectivity index (χ1v) is 8.03. The molecule has 1 atom stereocenters. The Morgan fingerprint density at radius 3 is 2.54 bits per heavy atom. The van der Waals surface area contributed by atoms with Gasteiger partial charge in [0.25, 0.3) is 11.5 Å². The maximum absolute atomic E-state index is 12.9. The lowest BCUT2D eigenvalue weighted by Gasteiger charge is -2.32. The van der Waals surface area contributed by atoms with Crippen LogP contribution in [0.25, 0.3) is 0 Å². The first-order valence-electron chi connectivity index (χ1n) is 7.65. The quantitative estimate of drug-likeness (QED) is 0.899. The standard InChI is InChI=1S/C18H21ClN2O3/c1-11(2)17(12-7-5-6-8-14(12)19)21(3)18(23)13-10-20-16(22)9-15(13)24-4/h5-11,17H,1-4H3,(H,20,22). The molecule has 1 heterocycles. The van der Waals surface area contributed by atoms with Gasteiger partial charge in [0.05, 0.1) is 18.7 Å². The average molecular weight is 349 g/mol. The smallest absolute Gasteiger partial charge is 0.259 e. The number of amides is 1. The molecular formula is C18H21ClN2O3. The van der Waals surface area contributed by atoms with E-state index < -0.39 is 0 Å². The van der Waals surface area contributed by atoms with Crippen molar-refractivity contribution in [3.8, 4) is 5.75 Å². The van der Waals surface area contributed by atoms with E-state index in [1.165, 1.54) is 19.4 Å². The number of hydrogen-bond acceptors (Lipinski definition) is 3. The van der Waals surface area contributed by atoms with Gasteiger partial charge >= 0.3 is 0 Å². The molecule has 0 fully saturated rings. The van der Waals surface area contributed by atoms with Gasteiger partial charge in [-0.05, 0) is 17.5 Å². The molecule has 128 valence electrons. The van der Waals surface area contributed by atoms with Crippen molar-refractivity contribution >= 4 is 17.5 Å². The summed E-state index contributed by atoms with van der Waals surface area (Å²) in [5.41, 5.74) is 0.864. The van der Waals surface area contributed by atoms with Crippen LogP contribution >= 0.6 is 11.6 Å². The number of aromatic nitrogens is 1. The van der Waals surface area contributed by atoms with Crippen molar-refractivity contribution in [1.82, 2.24) is 9.88 Å². The Kier molecular flexibility index (Phi) is 5.67. The molecule has 0 aliphatic rings. The first kappa shape index (κ1) is 18.1. The van der Waals surface area contributed by atoms with Crippen molar-refractivity contribution < 1.29 is 9.53 Å². The summed E-state index contributed by atoms with van der Waals surface area (Å²) in [6, 6.07) is 8.54. The lowest BCUT2D eigenvalue weighted by Crippen LogP contribution is -2.35. The fraction of sp³-hybridized carbons (Fsp3) is 0.333. The molecule has 5 nitrogen and oxygen atoms in total. The predicted molar refractivity (Wildman–Crippen MR) is 94.7 cm³/mol. The minimum absolute atomic E-state index is 0.146. The summed E-state index contributed by atoms with van der Waals surface area (Å²) in [5, 5.41) is 0.615. The summed E-state index contributed by atoms with van der Waals surface area (Å²) in [5.74, 6) is 0.145. The lowest BCUT2D eigenvalue weighted by atomic mass is 9.94. The molecular weight excluding hydrogens is 328 g/mol. The fourth-order valence-corrected chi connectivity index (χ4v) is 3.08. The SMILES string of the molecule is COc1cc(=O)[nH]cc1C(=O)N(C)C(c1ccccc1Cl)C(C)C. The molecule has 0 aliphatic heterocycles. The predicted octanol–water partition coefficient (Wildman–Crippen LogP) is 3.51. The van der Waals surface area contributed by atoms with Crippen molar-refractivity contribution in [3.05, 3.63) is 63.0 Å².